The van der Waals surface area contributed by atoms with E-state index in [2.05, 4.69) is 6.92 Å². The summed E-state index contributed by atoms with van der Waals surface area (Å²) in [7, 11) is 0. The van der Waals surface area contributed by atoms with Gasteiger partial charge in [-0.1, -0.05) is 61.7 Å². The summed E-state index contributed by atoms with van der Waals surface area (Å²) in [6.07, 6.45) is 3.66. The Morgan fingerprint density at radius 3 is 2.14 bits per heavy atom. The van der Waals surface area contributed by atoms with Crippen LogP contribution >= 0.6 is 11.6 Å². The molecular weight excluding hydrogens is 393 g/mol. The molecule has 0 saturated carbocycles. The number of hydrogen-bond acceptors (Lipinski definition) is 0. The van der Waals surface area contributed by atoms with Gasteiger partial charge in [-0.2, -0.15) is 0 Å². The Labute approximate surface area is 172 Å². The van der Waals surface area contributed by atoms with E-state index in [1.165, 1.54) is 18.2 Å². The zero-order chi connectivity index (χ0) is 20.5. The summed E-state index contributed by atoms with van der Waals surface area (Å²) < 4.78 is 43.7. The molecule has 0 aliphatic carbocycles. The maximum Gasteiger partial charge on any atom is 0.142 e. The maximum atomic E-state index is 15.0. The first kappa shape index (κ1) is 19.8. The normalized spacial score (nSPS) is 11.5. The van der Waals surface area contributed by atoms with Crippen molar-refractivity contribution in [1.82, 2.24) is 0 Å². The molecule has 0 nitrogen and oxygen atoms in total. The lowest BCUT2D eigenvalue weighted by Crippen LogP contribution is -1.94. The zero-order valence-electron chi connectivity index (χ0n) is 16.0. The minimum absolute atomic E-state index is 0.0388. The number of halogens is 4. The maximum absolute atomic E-state index is 15.0. The van der Waals surface area contributed by atoms with Crippen LogP contribution in [0, 0.1) is 17.5 Å². The lowest BCUT2D eigenvalue weighted by atomic mass is 9.94. The molecule has 148 valence electrons. The highest BCUT2D eigenvalue weighted by Gasteiger charge is 2.14. The van der Waals surface area contributed by atoms with Crippen LogP contribution in [0.1, 0.15) is 31.7 Å². The number of hydrogen-bond donors (Lipinski definition) is 0. The van der Waals surface area contributed by atoms with E-state index in [1.807, 2.05) is 6.07 Å². The summed E-state index contributed by atoms with van der Waals surface area (Å²) in [5, 5.41) is 2.03. The van der Waals surface area contributed by atoms with E-state index in [1.54, 1.807) is 30.3 Å². The Morgan fingerprint density at radius 2 is 1.38 bits per heavy atom. The first-order chi connectivity index (χ1) is 14.0. The van der Waals surface area contributed by atoms with Gasteiger partial charge in [0.25, 0.3) is 0 Å². The van der Waals surface area contributed by atoms with E-state index in [0.717, 1.165) is 19.3 Å². The molecule has 29 heavy (non-hydrogen) atoms. The molecular formula is C25H20ClF3. The van der Waals surface area contributed by atoms with Crippen molar-refractivity contribution in [3.63, 3.8) is 0 Å². The Kier molecular flexibility index (Phi) is 5.51. The van der Waals surface area contributed by atoms with Gasteiger partial charge in [-0.25, -0.2) is 13.2 Å². The molecule has 0 aromatic heterocycles. The van der Waals surface area contributed by atoms with E-state index in [9.17, 15) is 8.78 Å². The van der Waals surface area contributed by atoms with Crippen LogP contribution in [-0.2, 0) is 6.42 Å². The Morgan fingerprint density at radius 1 is 0.690 bits per heavy atom. The highest BCUT2D eigenvalue weighted by molar-refractivity contribution is 6.30. The summed E-state index contributed by atoms with van der Waals surface area (Å²) in [6.45, 7) is 2.10. The zero-order valence-corrected chi connectivity index (χ0v) is 16.8. The van der Waals surface area contributed by atoms with Gasteiger partial charge in [0.15, 0.2) is 0 Å². The van der Waals surface area contributed by atoms with Gasteiger partial charge in [-0.15, -0.1) is 0 Å². The van der Waals surface area contributed by atoms with Crippen molar-refractivity contribution in [3.8, 4) is 11.1 Å². The van der Waals surface area contributed by atoms with Crippen LogP contribution in [0.25, 0.3) is 32.7 Å². The first-order valence-corrected chi connectivity index (χ1v) is 10.2. The third-order valence-corrected chi connectivity index (χ3v) is 5.71. The Bertz CT molecular complexity index is 1210. The lowest BCUT2D eigenvalue weighted by Gasteiger charge is -2.11. The van der Waals surface area contributed by atoms with Crippen LogP contribution < -0.4 is 0 Å². The molecule has 0 heterocycles. The highest BCUT2D eigenvalue weighted by atomic mass is 35.5. The number of rotatable bonds is 5. The molecule has 0 aliphatic heterocycles. The molecule has 0 atom stereocenters. The molecule has 0 bridgehead atoms. The quantitative estimate of drug-likeness (QED) is 0.228. The van der Waals surface area contributed by atoms with Crippen LogP contribution in [0.4, 0.5) is 13.2 Å². The first-order valence-electron chi connectivity index (χ1n) is 9.78. The third kappa shape index (κ3) is 3.72. The van der Waals surface area contributed by atoms with Crippen LogP contribution in [0.5, 0.6) is 0 Å². The van der Waals surface area contributed by atoms with Crippen LogP contribution in [-0.4, -0.2) is 0 Å². The van der Waals surface area contributed by atoms with Crippen molar-refractivity contribution in [3.05, 3.63) is 82.6 Å². The molecule has 0 aliphatic rings. The number of aryl methyl sites for hydroxylation is 1. The van der Waals surface area contributed by atoms with Crippen LogP contribution in [0.3, 0.4) is 0 Å². The fraction of sp³-hybridized carbons (Fsp3) is 0.200. The predicted molar refractivity (Wildman–Crippen MR) is 115 cm³/mol. The molecule has 0 N–H and O–H groups in total. The van der Waals surface area contributed by atoms with Gasteiger partial charge in [0.05, 0.1) is 5.02 Å². The second-order valence-corrected chi connectivity index (χ2v) is 7.75. The molecule has 4 heteroatoms. The predicted octanol–water partition coefficient (Wildman–Crippen LogP) is 8.46. The molecule has 0 saturated heterocycles. The summed E-state index contributed by atoms with van der Waals surface area (Å²) in [5.74, 6) is -1.36. The molecule has 0 radical (unpaired) electrons. The van der Waals surface area contributed by atoms with E-state index < -0.39 is 11.6 Å². The lowest BCUT2D eigenvalue weighted by molar-refractivity contribution is 0.606. The van der Waals surface area contributed by atoms with Crippen molar-refractivity contribution < 1.29 is 13.2 Å². The molecule has 0 unspecified atom stereocenters. The Balaban J connectivity index is 1.84. The minimum atomic E-state index is -0.527. The van der Waals surface area contributed by atoms with Crippen LogP contribution in [0.15, 0.2) is 54.6 Å². The van der Waals surface area contributed by atoms with Gasteiger partial charge in [-0.05, 0) is 64.6 Å². The van der Waals surface area contributed by atoms with Crippen molar-refractivity contribution >= 4 is 33.1 Å². The smallest absolute Gasteiger partial charge is 0.142 e. The van der Waals surface area contributed by atoms with E-state index in [4.69, 9.17) is 11.6 Å². The van der Waals surface area contributed by atoms with E-state index >= 15 is 4.39 Å². The number of unbranched alkanes of at least 4 members (excludes halogenated alkanes) is 2. The standard InChI is InChI=1S/C25H20ClF3/c1-2-3-4-5-15-6-9-19-18-10-7-16(17-8-11-22(26)24(28)13-17)12-20(18)23(27)14-21(19)25(15)29/h6-14H,2-5H2,1H3. The second kappa shape index (κ2) is 8.08. The molecule has 0 amide bonds. The topological polar surface area (TPSA) is 0 Å². The van der Waals surface area contributed by atoms with Gasteiger partial charge < -0.3 is 0 Å². The average Bonchev–Trinajstić information content (AvgIpc) is 2.72. The largest absolute Gasteiger partial charge is 0.206 e. The summed E-state index contributed by atoms with van der Waals surface area (Å²) in [5.41, 5.74) is 1.90. The fourth-order valence-electron chi connectivity index (χ4n) is 3.81. The van der Waals surface area contributed by atoms with Crippen molar-refractivity contribution in [2.45, 2.75) is 32.6 Å². The number of benzene rings is 4. The van der Waals surface area contributed by atoms with Crippen molar-refractivity contribution in [2.75, 3.05) is 0 Å². The van der Waals surface area contributed by atoms with E-state index in [0.29, 0.717) is 44.7 Å². The minimum Gasteiger partial charge on any atom is -0.206 e. The monoisotopic (exact) mass is 412 g/mol. The summed E-state index contributed by atoms with van der Waals surface area (Å²) in [6, 6.07) is 14.6. The van der Waals surface area contributed by atoms with Gasteiger partial charge in [0.1, 0.15) is 17.5 Å². The molecule has 4 aromatic carbocycles. The molecule has 0 fully saturated rings. The third-order valence-electron chi connectivity index (χ3n) is 5.40. The molecule has 4 aromatic rings. The SMILES string of the molecule is CCCCCc1ccc2c(cc(F)c3cc(-c4ccc(Cl)c(F)c4)ccc32)c1F. The van der Waals surface area contributed by atoms with Crippen LogP contribution in [0.2, 0.25) is 5.02 Å². The van der Waals surface area contributed by atoms with Gasteiger partial charge in [-0.3, -0.25) is 0 Å². The van der Waals surface area contributed by atoms with Gasteiger partial charge in [0.2, 0.25) is 0 Å². The average molecular weight is 413 g/mol. The van der Waals surface area contributed by atoms with E-state index in [-0.39, 0.29) is 10.8 Å². The molecule has 4 rings (SSSR count). The fourth-order valence-corrected chi connectivity index (χ4v) is 3.93. The summed E-state index contributed by atoms with van der Waals surface area (Å²) >= 11 is 5.75. The van der Waals surface area contributed by atoms with Crippen molar-refractivity contribution in [1.29, 1.82) is 0 Å². The van der Waals surface area contributed by atoms with Crippen molar-refractivity contribution in [2.24, 2.45) is 0 Å². The number of fused-ring (bicyclic) bond motifs is 3. The molecule has 0 spiro atoms. The summed E-state index contributed by atoms with van der Waals surface area (Å²) in [4.78, 5) is 0. The second-order valence-electron chi connectivity index (χ2n) is 7.34. The van der Waals surface area contributed by atoms with Gasteiger partial charge in [0, 0.05) is 10.8 Å². The van der Waals surface area contributed by atoms with Gasteiger partial charge >= 0.3 is 0 Å². The highest BCUT2D eigenvalue weighted by Crippen LogP contribution is 2.34. The Hall–Kier alpha value is -2.52.